The van der Waals surface area contributed by atoms with E-state index in [0.717, 1.165) is 4.88 Å². The van der Waals surface area contributed by atoms with Crippen LogP contribution in [0, 0.1) is 0 Å². The van der Waals surface area contributed by atoms with Crippen LogP contribution in [0.3, 0.4) is 0 Å². The van der Waals surface area contributed by atoms with Gasteiger partial charge in [-0.1, -0.05) is 24.3 Å². The van der Waals surface area contributed by atoms with Crippen LogP contribution in [-0.2, 0) is 11.2 Å². The topological polar surface area (TPSA) is 98.3 Å². The minimum absolute atomic E-state index is 0.0256. The fourth-order valence-corrected chi connectivity index (χ4v) is 3.15. The predicted octanol–water partition coefficient (Wildman–Crippen LogP) is 2.55. The number of thiophene rings is 1. The van der Waals surface area contributed by atoms with Crippen molar-refractivity contribution in [2.24, 2.45) is 0 Å². The highest BCUT2D eigenvalue weighted by Crippen LogP contribution is 2.16. The van der Waals surface area contributed by atoms with Crippen molar-refractivity contribution in [1.29, 1.82) is 0 Å². The molecule has 0 aliphatic rings. The molecule has 136 valence electrons. The number of rotatable bonds is 6. The summed E-state index contributed by atoms with van der Waals surface area (Å²) in [5.74, 6) is -1.90. The summed E-state index contributed by atoms with van der Waals surface area (Å²) >= 11 is 1.50. The van der Waals surface area contributed by atoms with E-state index in [9.17, 15) is 19.5 Å². The number of nitrogens with one attached hydrogen (secondary N) is 2. The van der Waals surface area contributed by atoms with Crippen LogP contribution in [0.2, 0.25) is 0 Å². The second-order valence-electron chi connectivity index (χ2n) is 5.71. The molecule has 3 aromatic rings. The Morgan fingerprint density at radius 3 is 2.19 bits per heavy atom. The molecular formula is C20H15N2O4S-. The average molecular weight is 379 g/mol. The lowest BCUT2D eigenvalue weighted by molar-refractivity contribution is -0.255. The number of hydrogen-bond acceptors (Lipinski definition) is 5. The monoisotopic (exact) mass is 379 g/mol. The third kappa shape index (κ3) is 5.02. The van der Waals surface area contributed by atoms with E-state index in [0.29, 0.717) is 16.9 Å². The van der Waals surface area contributed by atoms with Crippen LogP contribution in [0.4, 0.5) is 11.4 Å². The minimum Gasteiger partial charge on any atom is -0.545 e. The maximum atomic E-state index is 12.4. The number of carbonyl (C=O) groups is 3. The minimum atomic E-state index is -1.32. The number of aromatic carboxylic acids is 1. The van der Waals surface area contributed by atoms with Gasteiger partial charge in [0.15, 0.2) is 0 Å². The predicted molar refractivity (Wildman–Crippen MR) is 102 cm³/mol. The number of carboxylic acid groups (broad SMARTS) is 1. The number of carbonyl (C=O) groups excluding carboxylic acids is 3. The van der Waals surface area contributed by atoms with E-state index in [1.54, 1.807) is 30.3 Å². The average Bonchev–Trinajstić information content (AvgIpc) is 3.15. The molecule has 0 saturated heterocycles. The van der Waals surface area contributed by atoms with Crippen molar-refractivity contribution < 1.29 is 19.5 Å². The highest BCUT2D eigenvalue weighted by molar-refractivity contribution is 7.10. The summed E-state index contributed by atoms with van der Waals surface area (Å²) in [6.07, 6.45) is 0.268. The first kappa shape index (κ1) is 18.3. The summed E-state index contributed by atoms with van der Waals surface area (Å²) in [6, 6.07) is 16.1. The zero-order valence-electron chi connectivity index (χ0n) is 14.1. The quantitative estimate of drug-likeness (QED) is 0.688. The molecule has 0 bridgehead atoms. The summed E-state index contributed by atoms with van der Waals surface area (Å²) in [5, 5.41) is 18.2. The van der Waals surface area contributed by atoms with Crippen LogP contribution < -0.4 is 15.7 Å². The van der Waals surface area contributed by atoms with Crippen LogP contribution in [0.1, 0.15) is 25.6 Å². The van der Waals surface area contributed by atoms with E-state index < -0.39 is 11.9 Å². The Morgan fingerprint density at radius 1 is 0.852 bits per heavy atom. The largest absolute Gasteiger partial charge is 0.545 e. The Balaban J connectivity index is 1.67. The zero-order chi connectivity index (χ0) is 19.2. The molecule has 1 heterocycles. The molecule has 0 aliphatic heterocycles. The molecule has 0 atom stereocenters. The van der Waals surface area contributed by atoms with Gasteiger partial charge in [-0.25, -0.2) is 0 Å². The smallest absolute Gasteiger partial charge is 0.255 e. The van der Waals surface area contributed by atoms with Gasteiger partial charge < -0.3 is 20.5 Å². The van der Waals surface area contributed by atoms with E-state index in [1.807, 2.05) is 17.5 Å². The number of benzene rings is 2. The molecule has 1 aromatic heterocycles. The molecule has 0 spiro atoms. The van der Waals surface area contributed by atoms with Gasteiger partial charge in [0.1, 0.15) is 0 Å². The van der Waals surface area contributed by atoms with Crippen LogP contribution in [0.5, 0.6) is 0 Å². The number of anilines is 2. The summed E-state index contributed by atoms with van der Waals surface area (Å²) in [7, 11) is 0. The van der Waals surface area contributed by atoms with Crippen molar-refractivity contribution >= 4 is 40.5 Å². The molecule has 0 aliphatic carbocycles. The van der Waals surface area contributed by atoms with Gasteiger partial charge in [-0.3, -0.25) is 9.59 Å². The molecule has 0 radical (unpaired) electrons. The molecule has 0 fully saturated rings. The molecule has 2 amide bonds. The van der Waals surface area contributed by atoms with Gasteiger partial charge in [-0.15, -0.1) is 11.3 Å². The van der Waals surface area contributed by atoms with Gasteiger partial charge in [0.05, 0.1) is 12.4 Å². The van der Waals surface area contributed by atoms with Crippen molar-refractivity contribution in [3.63, 3.8) is 0 Å². The summed E-state index contributed by atoms with van der Waals surface area (Å²) in [6.45, 7) is 0. The van der Waals surface area contributed by atoms with Crippen LogP contribution in [0.25, 0.3) is 0 Å². The lowest BCUT2D eigenvalue weighted by Crippen LogP contribution is -2.22. The lowest BCUT2D eigenvalue weighted by atomic mass is 10.1. The van der Waals surface area contributed by atoms with E-state index >= 15 is 0 Å². The van der Waals surface area contributed by atoms with E-state index in [2.05, 4.69) is 10.6 Å². The number of carboxylic acids is 1. The summed E-state index contributed by atoms with van der Waals surface area (Å²) < 4.78 is 0. The summed E-state index contributed by atoms with van der Waals surface area (Å²) in [4.78, 5) is 36.4. The zero-order valence-corrected chi connectivity index (χ0v) is 14.9. The van der Waals surface area contributed by atoms with Gasteiger partial charge in [-0.2, -0.15) is 0 Å². The van der Waals surface area contributed by atoms with Gasteiger partial charge >= 0.3 is 0 Å². The maximum Gasteiger partial charge on any atom is 0.255 e. The van der Waals surface area contributed by atoms with Crippen LogP contribution >= 0.6 is 11.3 Å². The number of hydrogen-bond donors (Lipinski definition) is 2. The molecule has 0 saturated carbocycles. The van der Waals surface area contributed by atoms with Crippen LogP contribution in [-0.4, -0.2) is 17.8 Å². The Morgan fingerprint density at radius 2 is 1.52 bits per heavy atom. The summed E-state index contributed by atoms with van der Waals surface area (Å²) in [5.41, 5.74) is 1.16. The van der Waals surface area contributed by atoms with Crippen molar-refractivity contribution in [2.75, 3.05) is 10.6 Å². The van der Waals surface area contributed by atoms with E-state index in [1.165, 1.54) is 29.5 Å². The van der Waals surface area contributed by atoms with Gasteiger partial charge in [0, 0.05) is 21.8 Å². The fourth-order valence-electron chi connectivity index (χ4n) is 2.44. The van der Waals surface area contributed by atoms with Gasteiger partial charge in [0.25, 0.3) is 5.91 Å². The first-order chi connectivity index (χ1) is 13.0. The normalized spacial score (nSPS) is 10.2. The van der Waals surface area contributed by atoms with E-state index in [-0.39, 0.29) is 17.9 Å². The van der Waals surface area contributed by atoms with E-state index in [4.69, 9.17) is 0 Å². The second-order valence-corrected chi connectivity index (χ2v) is 6.74. The van der Waals surface area contributed by atoms with Crippen molar-refractivity contribution in [3.8, 4) is 0 Å². The third-order valence-electron chi connectivity index (χ3n) is 3.68. The number of amides is 2. The highest BCUT2D eigenvalue weighted by Gasteiger charge is 2.10. The molecule has 6 nitrogen and oxygen atoms in total. The molecule has 27 heavy (non-hydrogen) atoms. The molecule has 3 rings (SSSR count). The molecule has 2 N–H and O–H groups in total. The van der Waals surface area contributed by atoms with Gasteiger partial charge in [0.2, 0.25) is 5.91 Å². The van der Waals surface area contributed by atoms with Crippen molar-refractivity contribution in [1.82, 2.24) is 0 Å². The molecule has 2 aromatic carbocycles. The molecule has 7 heteroatoms. The van der Waals surface area contributed by atoms with Gasteiger partial charge in [-0.05, 0) is 47.3 Å². The third-order valence-corrected chi connectivity index (χ3v) is 4.56. The highest BCUT2D eigenvalue weighted by atomic mass is 32.1. The Kier molecular flexibility index (Phi) is 5.63. The lowest BCUT2D eigenvalue weighted by Gasteiger charge is -2.10. The standard InChI is InChI=1S/C20H16N2O4S/c23-18(12-17-8-3-9-27-17)21-15-6-1-4-13(10-15)19(24)22-16-7-2-5-14(11-16)20(25)26/h1-11H,12H2,(H,21,23)(H,22,24)(H,25,26)/p-1. The van der Waals surface area contributed by atoms with Crippen molar-refractivity contribution in [3.05, 3.63) is 82.0 Å². The molecule has 0 unspecified atom stereocenters. The SMILES string of the molecule is O=C(Cc1cccs1)Nc1cccc(C(=O)Nc2cccc(C(=O)[O-])c2)c1. The molecular weight excluding hydrogens is 364 g/mol. The van der Waals surface area contributed by atoms with Crippen molar-refractivity contribution in [2.45, 2.75) is 6.42 Å². The first-order valence-electron chi connectivity index (χ1n) is 8.06. The first-order valence-corrected chi connectivity index (χ1v) is 8.94. The maximum absolute atomic E-state index is 12.4. The Bertz CT molecular complexity index is 983. The van der Waals surface area contributed by atoms with Crippen LogP contribution in [0.15, 0.2) is 66.0 Å². The Hall–Kier alpha value is -3.45. The fraction of sp³-hybridized carbons (Fsp3) is 0.0500. The second kappa shape index (κ2) is 8.29. The Labute approximate surface area is 159 Å².